The number of rotatable bonds is 3. The molecule has 2 aromatic rings. The third-order valence-corrected chi connectivity index (χ3v) is 2.96. The molecule has 0 aliphatic rings. The zero-order chi connectivity index (χ0) is 12.4. The van der Waals surface area contributed by atoms with Crippen molar-refractivity contribution < 1.29 is 4.79 Å². The molecule has 0 spiro atoms. The highest BCUT2D eigenvalue weighted by atomic mass is 16.2. The van der Waals surface area contributed by atoms with Gasteiger partial charge in [-0.25, -0.2) is 4.98 Å². The Morgan fingerprint density at radius 1 is 1.59 bits per heavy atom. The maximum absolute atomic E-state index is 11.6. The van der Waals surface area contributed by atoms with Crippen LogP contribution in [0.3, 0.4) is 0 Å². The molecule has 0 N–H and O–H groups in total. The van der Waals surface area contributed by atoms with Crippen molar-refractivity contribution >= 4 is 16.9 Å². The van der Waals surface area contributed by atoms with E-state index >= 15 is 0 Å². The summed E-state index contributed by atoms with van der Waals surface area (Å²) < 4.78 is 1.97. The van der Waals surface area contributed by atoms with Crippen molar-refractivity contribution in [1.82, 2.24) is 14.5 Å². The maximum Gasteiger partial charge on any atom is 0.247 e. The zero-order valence-corrected chi connectivity index (χ0v) is 10.00. The highest BCUT2D eigenvalue weighted by molar-refractivity contribution is 5.87. The summed E-state index contributed by atoms with van der Waals surface area (Å²) in [6.45, 7) is 5.45. The molecule has 0 radical (unpaired) electrons. The van der Waals surface area contributed by atoms with Crippen molar-refractivity contribution in [3.63, 3.8) is 0 Å². The second-order valence-corrected chi connectivity index (χ2v) is 3.92. The third-order valence-electron chi connectivity index (χ3n) is 2.96. The molecule has 0 saturated heterocycles. The van der Waals surface area contributed by atoms with Gasteiger partial charge in [0.25, 0.3) is 0 Å². The lowest BCUT2D eigenvalue weighted by Gasteiger charge is -2.25. The smallest absolute Gasteiger partial charge is 0.247 e. The number of hydrogen-bond donors (Lipinski definition) is 0. The first-order chi connectivity index (χ1) is 8.15. The fourth-order valence-electron chi connectivity index (χ4n) is 1.80. The Morgan fingerprint density at radius 3 is 3.06 bits per heavy atom. The second kappa shape index (κ2) is 4.41. The van der Waals surface area contributed by atoms with Crippen molar-refractivity contribution in [2.24, 2.45) is 0 Å². The molecule has 0 bridgehead atoms. The molecule has 17 heavy (non-hydrogen) atoms. The van der Waals surface area contributed by atoms with Crippen molar-refractivity contribution in [3.8, 4) is 0 Å². The van der Waals surface area contributed by atoms with Gasteiger partial charge in [0, 0.05) is 24.8 Å². The van der Waals surface area contributed by atoms with E-state index in [1.165, 1.54) is 6.08 Å². The second-order valence-electron chi connectivity index (χ2n) is 3.92. The Hall–Kier alpha value is -2.10. The molecule has 1 unspecified atom stereocenters. The topological polar surface area (TPSA) is 38.1 Å². The van der Waals surface area contributed by atoms with Crippen LogP contribution in [0.1, 0.15) is 13.1 Å². The minimum atomic E-state index is -0.102. The van der Waals surface area contributed by atoms with E-state index in [2.05, 4.69) is 11.6 Å². The summed E-state index contributed by atoms with van der Waals surface area (Å²) >= 11 is 0. The summed E-state index contributed by atoms with van der Waals surface area (Å²) in [6, 6.07) is 5.89. The van der Waals surface area contributed by atoms with Gasteiger partial charge >= 0.3 is 0 Å². The van der Waals surface area contributed by atoms with Crippen molar-refractivity contribution in [1.29, 1.82) is 0 Å². The van der Waals surface area contributed by atoms with Gasteiger partial charge in [-0.2, -0.15) is 0 Å². The van der Waals surface area contributed by atoms with Gasteiger partial charge in [-0.15, -0.1) is 0 Å². The van der Waals surface area contributed by atoms with E-state index in [1.807, 2.05) is 35.9 Å². The number of nitrogens with zero attached hydrogens (tertiary/aromatic N) is 3. The highest BCUT2D eigenvalue weighted by Crippen LogP contribution is 2.19. The largest absolute Gasteiger partial charge is 0.322 e. The Labute approximate surface area is 100 Å². The van der Waals surface area contributed by atoms with E-state index in [9.17, 15) is 4.79 Å². The van der Waals surface area contributed by atoms with Gasteiger partial charge in [0.15, 0.2) is 0 Å². The lowest BCUT2D eigenvalue weighted by atomic mass is 10.3. The number of pyridine rings is 1. The highest BCUT2D eigenvalue weighted by Gasteiger charge is 2.16. The van der Waals surface area contributed by atoms with Crippen LogP contribution in [0.4, 0.5) is 0 Å². The minimum absolute atomic E-state index is 0.0899. The van der Waals surface area contributed by atoms with Gasteiger partial charge in [-0.3, -0.25) is 4.79 Å². The molecule has 2 heterocycles. The molecule has 0 aromatic carbocycles. The number of amides is 1. The molecule has 4 nitrogen and oxygen atoms in total. The van der Waals surface area contributed by atoms with Crippen LogP contribution in [0.5, 0.6) is 0 Å². The molecule has 2 rings (SSSR count). The summed E-state index contributed by atoms with van der Waals surface area (Å²) in [5, 5.41) is 1.07. The summed E-state index contributed by atoms with van der Waals surface area (Å²) in [5.74, 6) is -0.102. The van der Waals surface area contributed by atoms with E-state index in [-0.39, 0.29) is 12.1 Å². The molecule has 0 aliphatic carbocycles. The van der Waals surface area contributed by atoms with Gasteiger partial charge < -0.3 is 9.47 Å². The van der Waals surface area contributed by atoms with Gasteiger partial charge in [0.2, 0.25) is 5.91 Å². The van der Waals surface area contributed by atoms with Crippen LogP contribution in [0.15, 0.2) is 43.2 Å². The van der Waals surface area contributed by atoms with Crippen LogP contribution >= 0.6 is 0 Å². The van der Waals surface area contributed by atoms with Gasteiger partial charge in [0.05, 0.1) is 0 Å². The Morgan fingerprint density at radius 2 is 2.35 bits per heavy atom. The standard InChI is InChI=1S/C13H15N3O/c1-4-12(17)15(3)10(2)16-9-7-11-6-5-8-14-13(11)16/h4-10H,1H2,2-3H3. The van der Waals surface area contributed by atoms with Crippen LogP contribution in [-0.4, -0.2) is 27.4 Å². The SMILES string of the molecule is C=CC(=O)N(C)C(C)n1ccc2cccnc21. The van der Waals surface area contributed by atoms with E-state index < -0.39 is 0 Å². The van der Waals surface area contributed by atoms with Crippen LogP contribution in [-0.2, 0) is 4.79 Å². The fourth-order valence-corrected chi connectivity index (χ4v) is 1.80. The summed E-state index contributed by atoms with van der Waals surface area (Å²) in [4.78, 5) is 17.5. The first-order valence-corrected chi connectivity index (χ1v) is 5.46. The molecule has 2 aromatic heterocycles. The van der Waals surface area contributed by atoms with Crippen LogP contribution in [0.25, 0.3) is 11.0 Å². The van der Waals surface area contributed by atoms with E-state index in [0.717, 1.165) is 11.0 Å². The number of fused-ring (bicyclic) bond motifs is 1. The first-order valence-electron chi connectivity index (χ1n) is 5.46. The number of likely N-dealkylation sites (N-methyl/N-ethyl adjacent to an activating group) is 1. The predicted molar refractivity (Wildman–Crippen MR) is 67.4 cm³/mol. The van der Waals surface area contributed by atoms with Crippen LogP contribution in [0.2, 0.25) is 0 Å². The summed E-state index contributed by atoms with van der Waals surface area (Å²) in [5.41, 5.74) is 0.878. The Balaban J connectivity index is 2.40. The van der Waals surface area contributed by atoms with Crippen molar-refractivity contribution in [2.45, 2.75) is 13.1 Å². The molecule has 0 aliphatic heterocycles. The first kappa shape index (κ1) is 11.4. The van der Waals surface area contributed by atoms with E-state index in [4.69, 9.17) is 0 Å². The number of carbonyl (C=O) groups excluding carboxylic acids is 1. The van der Waals surface area contributed by atoms with Gasteiger partial charge in [-0.05, 0) is 31.2 Å². The van der Waals surface area contributed by atoms with Crippen LogP contribution < -0.4 is 0 Å². The minimum Gasteiger partial charge on any atom is -0.322 e. The molecule has 1 amide bonds. The summed E-state index contributed by atoms with van der Waals surface area (Å²) in [6.07, 6.45) is 4.92. The van der Waals surface area contributed by atoms with E-state index in [0.29, 0.717) is 0 Å². The molecule has 1 atom stereocenters. The Kier molecular flexibility index (Phi) is 2.95. The van der Waals surface area contributed by atoms with Gasteiger partial charge in [0.1, 0.15) is 11.8 Å². The lowest BCUT2D eigenvalue weighted by Crippen LogP contribution is -2.31. The zero-order valence-electron chi connectivity index (χ0n) is 10.00. The van der Waals surface area contributed by atoms with Crippen LogP contribution in [0, 0.1) is 0 Å². The fraction of sp³-hybridized carbons (Fsp3) is 0.231. The number of aromatic nitrogens is 2. The lowest BCUT2D eigenvalue weighted by molar-refractivity contribution is -0.127. The Bertz CT molecular complexity index is 559. The summed E-state index contributed by atoms with van der Waals surface area (Å²) in [7, 11) is 1.75. The average molecular weight is 229 g/mol. The van der Waals surface area contributed by atoms with E-state index in [1.54, 1.807) is 18.1 Å². The van der Waals surface area contributed by atoms with Crippen molar-refractivity contribution in [2.75, 3.05) is 7.05 Å². The normalized spacial score (nSPS) is 12.4. The molecular weight excluding hydrogens is 214 g/mol. The molecule has 4 heteroatoms. The quantitative estimate of drug-likeness (QED) is 0.757. The third kappa shape index (κ3) is 1.93. The molecule has 0 saturated carbocycles. The average Bonchev–Trinajstić information content (AvgIpc) is 2.79. The number of hydrogen-bond acceptors (Lipinski definition) is 2. The number of carbonyl (C=O) groups is 1. The van der Waals surface area contributed by atoms with Gasteiger partial charge in [-0.1, -0.05) is 6.58 Å². The van der Waals surface area contributed by atoms with Crippen molar-refractivity contribution in [3.05, 3.63) is 43.2 Å². The predicted octanol–water partition coefficient (Wildman–Crippen LogP) is 2.20. The monoisotopic (exact) mass is 229 g/mol. The molecule has 88 valence electrons. The molecule has 0 fully saturated rings. The molecular formula is C13H15N3O. The maximum atomic E-state index is 11.6.